The summed E-state index contributed by atoms with van der Waals surface area (Å²) < 4.78 is 56.7. The standard InChI is InChI=1S/C26H44N4O5S.C7H8O3S/c1-20(2)18-24(23(26(32)28-33)15-10-14-22-12-8-7-9-13-22)25(31)27-30(19-21(3)4)36(34,35)17-11-16-29(5)6;1-6-2-4-7(5-3-6)11(8,9)10/h7-10,12-14,20-21,23-24,33H,11,15-19H2,1-6H3,(H,27,31)(H,28,32);2-5H,1H3,(H,8,9,10)/b14-10+;/t23-,24+;/m0./s1. The smallest absolute Gasteiger partial charge is 0.294 e. The number of amides is 2. The lowest BCUT2D eigenvalue weighted by molar-refractivity contribution is -0.141. The molecule has 12 nitrogen and oxygen atoms in total. The highest BCUT2D eigenvalue weighted by Crippen LogP contribution is 2.26. The number of rotatable bonds is 17. The Bertz CT molecular complexity index is 1480. The fourth-order valence-electron chi connectivity index (χ4n) is 4.56. The molecule has 0 heterocycles. The number of allylic oxidation sites excluding steroid dienone is 1. The van der Waals surface area contributed by atoms with Crippen molar-refractivity contribution >= 4 is 38.0 Å². The van der Waals surface area contributed by atoms with Gasteiger partial charge in [0.05, 0.1) is 22.5 Å². The van der Waals surface area contributed by atoms with Crippen LogP contribution in [0, 0.1) is 30.6 Å². The number of carbonyl (C=O) groups is 2. The topological polar surface area (TPSA) is 173 Å². The second-order valence-electron chi connectivity index (χ2n) is 12.5. The summed E-state index contributed by atoms with van der Waals surface area (Å²) in [6.45, 7) is 10.2. The lowest BCUT2D eigenvalue weighted by Crippen LogP contribution is -2.52. The van der Waals surface area contributed by atoms with Gasteiger partial charge in [0.15, 0.2) is 0 Å². The van der Waals surface area contributed by atoms with E-state index in [2.05, 4.69) is 5.43 Å². The molecule has 0 bridgehead atoms. The first-order valence-corrected chi connectivity index (χ1v) is 18.6. The van der Waals surface area contributed by atoms with E-state index in [1.165, 1.54) is 12.1 Å². The zero-order valence-electron chi connectivity index (χ0n) is 28.5. The number of nitrogens with zero attached hydrogens (tertiary/aromatic N) is 2. The van der Waals surface area contributed by atoms with Crippen molar-refractivity contribution in [2.75, 3.05) is 32.9 Å². The molecule has 264 valence electrons. The number of hydroxylamine groups is 1. The van der Waals surface area contributed by atoms with Crippen LogP contribution in [0.5, 0.6) is 0 Å². The summed E-state index contributed by atoms with van der Waals surface area (Å²) in [6.07, 6.45) is 4.61. The monoisotopic (exact) mass is 696 g/mol. The van der Waals surface area contributed by atoms with E-state index in [0.717, 1.165) is 15.5 Å². The van der Waals surface area contributed by atoms with Crippen molar-refractivity contribution in [1.82, 2.24) is 20.2 Å². The molecule has 0 spiro atoms. The van der Waals surface area contributed by atoms with Crippen LogP contribution in [0.3, 0.4) is 0 Å². The van der Waals surface area contributed by atoms with Crippen LogP contribution >= 0.6 is 0 Å². The molecule has 0 saturated heterocycles. The SMILES string of the molecule is CC(C)C[C@@H](C(=O)NN(CC(C)C)S(=O)(=O)CCCN(C)C)[C@H](C/C=C/c1ccccc1)C(=O)NO.Cc1ccc(S(=O)(=O)O)cc1. The molecule has 0 aliphatic carbocycles. The van der Waals surface area contributed by atoms with Crippen LogP contribution in [-0.4, -0.2) is 80.7 Å². The van der Waals surface area contributed by atoms with Gasteiger partial charge in [0.25, 0.3) is 10.1 Å². The number of aryl methyl sites for hydroxylation is 1. The van der Waals surface area contributed by atoms with Gasteiger partial charge in [0, 0.05) is 6.54 Å². The maximum Gasteiger partial charge on any atom is 0.294 e. The highest BCUT2D eigenvalue weighted by atomic mass is 32.2. The summed E-state index contributed by atoms with van der Waals surface area (Å²) in [7, 11) is -4.04. The zero-order chi connectivity index (χ0) is 35.8. The Morgan fingerprint density at radius 2 is 1.47 bits per heavy atom. The molecule has 2 atom stereocenters. The number of hydrazine groups is 1. The van der Waals surface area contributed by atoms with Gasteiger partial charge in [-0.25, -0.2) is 13.9 Å². The lowest BCUT2D eigenvalue weighted by atomic mass is 9.82. The van der Waals surface area contributed by atoms with Crippen molar-refractivity contribution in [3.05, 3.63) is 71.8 Å². The average molecular weight is 697 g/mol. The molecule has 0 saturated carbocycles. The quantitative estimate of drug-likeness (QED) is 0.106. The number of sulfonamides is 1. The third kappa shape index (κ3) is 16.5. The average Bonchev–Trinajstić information content (AvgIpc) is 2.97. The predicted octanol–water partition coefficient (Wildman–Crippen LogP) is 4.39. The molecule has 2 rings (SSSR count). The van der Waals surface area contributed by atoms with Gasteiger partial charge in [-0.3, -0.25) is 24.8 Å². The van der Waals surface area contributed by atoms with Crippen LogP contribution in [0.4, 0.5) is 0 Å². The van der Waals surface area contributed by atoms with Crippen molar-refractivity contribution in [2.45, 2.75) is 58.8 Å². The Morgan fingerprint density at radius 3 is 1.96 bits per heavy atom. The molecule has 0 aliphatic rings. The van der Waals surface area contributed by atoms with E-state index in [9.17, 15) is 31.6 Å². The van der Waals surface area contributed by atoms with Crippen LogP contribution in [-0.2, 0) is 29.7 Å². The van der Waals surface area contributed by atoms with Gasteiger partial charge in [-0.1, -0.05) is 87.9 Å². The van der Waals surface area contributed by atoms with Gasteiger partial charge in [-0.15, -0.1) is 4.41 Å². The molecule has 0 fully saturated rings. The summed E-state index contributed by atoms with van der Waals surface area (Å²) in [5.74, 6) is -3.03. The summed E-state index contributed by atoms with van der Waals surface area (Å²) in [4.78, 5) is 28.0. The summed E-state index contributed by atoms with van der Waals surface area (Å²) in [5.41, 5.74) is 6.19. The largest absolute Gasteiger partial charge is 0.309 e. The van der Waals surface area contributed by atoms with Crippen molar-refractivity contribution in [3.63, 3.8) is 0 Å². The number of nitrogens with one attached hydrogen (secondary N) is 2. The molecule has 2 aromatic carbocycles. The highest BCUT2D eigenvalue weighted by Gasteiger charge is 2.36. The molecular formula is C33H52N4O8S2. The molecule has 14 heteroatoms. The van der Waals surface area contributed by atoms with Gasteiger partial charge in [-0.2, -0.15) is 8.42 Å². The number of carbonyl (C=O) groups excluding carboxylic acids is 2. The first kappa shape index (κ1) is 41.9. The predicted molar refractivity (Wildman–Crippen MR) is 184 cm³/mol. The van der Waals surface area contributed by atoms with Crippen molar-refractivity contribution in [2.24, 2.45) is 23.7 Å². The van der Waals surface area contributed by atoms with Crippen molar-refractivity contribution in [3.8, 4) is 0 Å². The molecule has 4 N–H and O–H groups in total. The third-order valence-corrected chi connectivity index (χ3v) is 9.51. The van der Waals surface area contributed by atoms with Crippen LogP contribution < -0.4 is 10.9 Å². The molecule has 2 aromatic rings. The summed E-state index contributed by atoms with van der Waals surface area (Å²) in [6, 6.07) is 15.5. The van der Waals surface area contributed by atoms with Crippen LogP contribution in [0.2, 0.25) is 0 Å². The molecule has 0 unspecified atom stereocenters. The molecular weight excluding hydrogens is 645 g/mol. The van der Waals surface area contributed by atoms with E-state index in [0.29, 0.717) is 19.4 Å². The molecule has 47 heavy (non-hydrogen) atoms. The first-order valence-electron chi connectivity index (χ1n) is 15.5. The lowest BCUT2D eigenvalue weighted by Gasteiger charge is -2.30. The number of benzene rings is 2. The Balaban J connectivity index is 0.000000841. The van der Waals surface area contributed by atoms with Gasteiger partial charge in [0.2, 0.25) is 21.8 Å². The summed E-state index contributed by atoms with van der Waals surface area (Å²) in [5, 5.41) is 9.39. The van der Waals surface area contributed by atoms with Gasteiger partial charge in [0.1, 0.15) is 0 Å². The maximum atomic E-state index is 13.5. The second kappa shape index (κ2) is 20.3. The van der Waals surface area contributed by atoms with E-state index in [-0.39, 0.29) is 35.4 Å². The maximum absolute atomic E-state index is 13.5. The van der Waals surface area contributed by atoms with Gasteiger partial charge >= 0.3 is 0 Å². The molecule has 0 radical (unpaired) electrons. The van der Waals surface area contributed by atoms with E-state index in [4.69, 9.17) is 4.55 Å². The van der Waals surface area contributed by atoms with Crippen LogP contribution in [0.1, 0.15) is 58.1 Å². The zero-order valence-corrected chi connectivity index (χ0v) is 30.1. The van der Waals surface area contributed by atoms with E-state index >= 15 is 0 Å². The highest BCUT2D eigenvalue weighted by molar-refractivity contribution is 7.89. The Hall–Kier alpha value is -3.14. The Kier molecular flexibility index (Phi) is 18.1. The normalized spacial score (nSPS) is 13.5. The van der Waals surface area contributed by atoms with E-state index < -0.39 is 43.8 Å². The number of hydrogen-bond acceptors (Lipinski definition) is 8. The fraction of sp³-hybridized carbons (Fsp3) is 0.515. The van der Waals surface area contributed by atoms with Gasteiger partial charge in [-0.05, 0) is 76.4 Å². The van der Waals surface area contributed by atoms with E-state index in [1.54, 1.807) is 23.7 Å². The minimum Gasteiger partial charge on any atom is -0.309 e. The Morgan fingerprint density at radius 1 is 0.872 bits per heavy atom. The first-order chi connectivity index (χ1) is 21.9. The van der Waals surface area contributed by atoms with Crippen LogP contribution in [0.25, 0.3) is 6.08 Å². The second-order valence-corrected chi connectivity index (χ2v) is 16.0. The fourth-order valence-corrected chi connectivity index (χ4v) is 6.51. The minimum atomic E-state index is -4.02. The molecule has 0 aliphatic heterocycles. The van der Waals surface area contributed by atoms with Gasteiger partial charge < -0.3 is 4.90 Å². The summed E-state index contributed by atoms with van der Waals surface area (Å²) >= 11 is 0. The Labute approximate surface area is 281 Å². The molecule has 2 amide bonds. The number of hydrogen-bond donors (Lipinski definition) is 4. The third-order valence-electron chi connectivity index (χ3n) is 6.92. The van der Waals surface area contributed by atoms with Crippen molar-refractivity contribution < 1.29 is 36.2 Å². The van der Waals surface area contributed by atoms with Crippen LogP contribution in [0.15, 0.2) is 65.6 Å². The van der Waals surface area contributed by atoms with E-state index in [1.807, 2.05) is 90.0 Å². The molecule has 0 aromatic heterocycles. The minimum absolute atomic E-state index is 0.0252. The van der Waals surface area contributed by atoms with Crippen molar-refractivity contribution in [1.29, 1.82) is 0 Å².